The number of piperidine rings is 1. The van der Waals surface area contributed by atoms with Crippen molar-refractivity contribution in [3.8, 4) is 0 Å². The van der Waals surface area contributed by atoms with Crippen LogP contribution in [0.3, 0.4) is 0 Å². The molecule has 0 amide bonds. The van der Waals surface area contributed by atoms with Crippen molar-refractivity contribution >= 4 is 0 Å². The second-order valence-corrected chi connectivity index (χ2v) is 4.44. The summed E-state index contributed by atoms with van der Waals surface area (Å²) in [5.74, 6) is 0.689. The molecule has 1 unspecified atom stereocenters. The van der Waals surface area contributed by atoms with Crippen molar-refractivity contribution in [2.75, 3.05) is 46.4 Å². The summed E-state index contributed by atoms with van der Waals surface area (Å²) in [5, 5.41) is 3.25. The molecule has 1 atom stereocenters. The Morgan fingerprint density at radius 2 is 2.31 bits per heavy atom. The van der Waals surface area contributed by atoms with Crippen molar-refractivity contribution < 1.29 is 13.5 Å². The predicted octanol–water partition coefficient (Wildman–Crippen LogP) is 1.20. The fourth-order valence-corrected chi connectivity index (χ4v) is 2.06. The number of hydrogen-bond acceptors (Lipinski definition) is 3. The van der Waals surface area contributed by atoms with Crippen LogP contribution in [0.1, 0.15) is 12.8 Å². The first-order valence-corrected chi connectivity index (χ1v) is 5.93. The molecular formula is C11H22F2N2O. The Kier molecular flexibility index (Phi) is 6.84. The van der Waals surface area contributed by atoms with Crippen molar-refractivity contribution in [2.45, 2.75) is 19.3 Å². The SMILES string of the molecule is CN1CCCC(CNCCOCC(F)F)C1. The Hall–Kier alpha value is -0.260. The summed E-state index contributed by atoms with van der Waals surface area (Å²) in [6.07, 6.45) is 0.159. The van der Waals surface area contributed by atoms with Gasteiger partial charge in [-0.2, -0.15) is 0 Å². The Balaban J connectivity index is 1.90. The lowest BCUT2D eigenvalue weighted by Gasteiger charge is -2.29. The van der Waals surface area contributed by atoms with Gasteiger partial charge in [-0.1, -0.05) is 0 Å². The van der Waals surface area contributed by atoms with Gasteiger partial charge in [-0.25, -0.2) is 8.78 Å². The van der Waals surface area contributed by atoms with Crippen LogP contribution in [0, 0.1) is 5.92 Å². The van der Waals surface area contributed by atoms with Gasteiger partial charge in [0.15, 0.2) is 0 Å². The summed E-state index contributed by atoms with van der Waals surface area (Å²) in [7, 11) is 2.14. The standard InChI is InChI=1S/C11H22F2N2O/c1-15-5-2-3-10(8-15)7-14-4-6-16-9-11(12)13/h10-11,14H,2-9H2,1H3. The lowest BCUT2D eigenvalue weighted by atomic mass is 9.98. The van der Waals surface area contributed by atoms with Crippen LogP contribution in [0.25, 0.3) is 0 Å². The first-order chi connectivity index (χ1) is 7.68. The van der Waals surface area contributed by atoms with Gasteiger partial charge in [-0.3, -0.25) is 0 Å². The van der Waals surface area contributed by atoms with E-state index in [2.05, 4.69) is 17.3 Å². The third-order valence-electron chi connectivity index (χ3n) is 2.82. The molecule has 1 rings (SSSR count). The summed E-state index contributed by atoms with van der Waals surface area (Å²) < 4.78 is 28.2. The summed E-state index contributed by atoms with van der Waals surface area (Å²) in [5.41, 5.74) is 0. The Morgan fingerprint density at radius 1 is 1.50 bits per heavy atom. The normalized spacial score (nSPS) is 22.9. The number of hydrogen-bond donors (Lipinski definition) is 1. The highest BCUT2D eigenvalue weighted by Gasteiger charge is 2.16. The van der Waals surface area contributed by atoms with Crippen molar-refractivity contribution in [1.29, 1.82) is 0 Å². The van der Waals surface area contributed by atoms with E-state index < -0.39 is 13.0 Å². The van der Waals surface area contributed by atoms with E-state index in [9.17, 15) is 8.78 Å². The first kappa shape index (κ1) is 13.8. The zero-order valence-corrected chi connectivity index (χ0v) is 9.92. The zero-order valence-electron chi connectivity index (χ0n) is 9.92. The molecule has 1 aliphatic rings. The van der Waals surface area contributed by atoms with Gasteiger partial charge in [0.25, 0.3) is 6.43 Å². The number of halogens is 2. The van der Waals surface area contributed by atoms with Crippen LogP contribution in [-0.4, -0.2) is 57.8 Å². The Bertz CT molecular complexity index is 181. The maximum atomic E-state index is 11.7. The van der Waals surface area contributed by atoms with Gasteiger partial charge in [0, 0.05) is 13.1 Å². The summed E-state index contributed by atoms with van der Waals surface area (Å²) >= 11 is 0. The number of alkyl halides is 2. The molecule has 0 aromatic rings. The van der Waals surface area contributed by atoms with Crippen LogP contribution in [0.4, 0.5) is 8.78 Å². The van der Waals surface area contributed by atoms with Gasteiger partial charge in [0.2, 0.25) is 0 Å². The second kappa shape index (κ2) is 7.92. The largest absolute Gasteiger partial charge is 0.374 e. The second-order valence-electron chi connectivity index (χ2n) is 4.44. The molecule has 16 heavy (non-hydrogen) atoms. The van der Waals surface area contributed by atoms with Crippen LogP contribution in [0.5, 0.6) is 0 Å². The van der Waals surface area contributed by atoms with Crippen LogP contribution in [0.15, 0.2) is 0 Å². The van der Waals surface area contributed by atoms with E-state index in [1.807, 2.05) is 0 Å². The lowest BCUT2D eigenvalue weighted by molar-refractivity contribution is 0.0184. The van der Waals surface area contributed by atoms with Gasteiger partial charge in [0.05, 0.1) is 6.61 Å². The van der Waals surface area contributed by atoms with Gasteiger partial charge < -0.3 is 15.0 Å². The van der Waals surface area contributed by atoms with E-state index in [1.54, 1.807) is 0 Å². The van der Waals surface area contributed by atoms with Crippen LogP contribution >= 0.6 is 0 Å². The van der Waals surface area contributed by atoms with Gasteiger partial charge in [0.1, 0.15) is 6.61 Å². The van der Waals surface area contributed by atoms with Gasteiger partial charge in [-0.15, -0.1) is 0 Å². The average Bonchev–Trinajstić information content (AvgIpc) is 2.23. The smallest absolute Gasteiger partial charge is 0.261 e. The van der Waals surface area contributed by atoms with E-state index in [4.69, 9.17) is 4.74 Å². The maximum Gasteiger partial charge on any atom is 0.261 e. The van der Waals surface area contributed by atoms with E-state index in [-0.39, 0.29) is 0 Å². The van der Waals surface area contributed by atoms with Gasteiger partial charge >= 0.3 is 0 Å². The molecule has 96 valence electrons. The highest BCUT2D eigenvalue weighted by Crippen LogP contribution is 2.13. The third kappa shape index (κ3) is 6.35. The van der Waals surface area contributed by atoms with E-state index >= 15 is 0 Å². The topological polar surface area (TPSA) is 24.5 Å². The molecule has 1 aliphatic heterocycles. The third-order valence-corrected chi connectivity index (χ3v) is 2.82. The van der Waals surface area contributed by atoms with Crippen molar-refractivity contribution in [2.24, 2.45) is 5.92 Å². The molecule has 0 aromatic heterocycles. The minimum absolute atomic E-state index is 0.368. The predicted molar refractivity (Wildman–Crippen MR) is 59.9 cm³/mol. The molecular weight excluding hydrogens is 214 g/mol. The molecule has 1 saturated heterocycles. The average molecular weight is 236 g/mol. The molecule has 3 nitrogen and oxygen atoms in total. The summed E-state index contributed by atoms with van der Waals surface area (Å²) in [6.45, 7) is 3.86. The van der Waals surface area contributed by atoms with Crippen LogP contribution in [-0.2, 0) is 4.74 Å². The molecule has 0 radical (unpaired) electrons. The minimum atomic E-state index is -2.35. The van der Waals surface area contributed by atoms with Crippen LogP contribution < -0.4 is 5.32 Å². The number of rotatable bonds is 7. The quantitative estimate of drug-likeness (QED) is 0.672. The Labute approximate surface area is 96.1 Å². The number of likely N-dealkylation sites (tertiary alicyclic amines) is 1. The van der Waals surface area contributed by atoms with E-state index in [1.165, 1.54) is 19.4 Å². The fraction of sp³-hybridized carbons (Fsp3) is 1.00. The molecule has 0 saturated carbocycles. The van der Waals surface area contributed by atoms with Crippen molar-refractivity contribution in [3.63, 3.8) is 0 Å². The van der Waals surface area contributed by atoms with Crippen molar-refractivity contribution in [3.05, 3.63) is 0 Å². The van der Waals surface area contributed by atoms with E-state index in [0.29, 0.717) is 19.1 Å². The number of nitrogens with zero attached hydrogens (tertiary/aromatic N) is 1. The molecule has 0 bridgehead atoms. The summed E-state index contributed by atoms with van der Waals surface area (Å²) in [4.78, 5) is 2.34. The molecule has 0 aliphatic carbocycles. The van der Waals surface area contributed by atoms with Crippen molar-refractivity contribution in [1.82, 2.24) is 10.2 Å². The monoisotopic (exact) mass is 236 g/mol. The first-order valence-electron chi connectivity index (χ1n) is 5.93. The molecule has 1 fully saturated rings. The molecule has 1 heterocycles. The lowest BCUT2D eigenvalue weighted by Crippen LogP contribution is -2.38. The number of nitrogens with one attached hydrogen (secondary N) is 1. The minimum Gasteiger partial charge on any atom is -0.374 e. The molecule has 0 aromatic carbocycles. The maximum absolute atomic E-state index is 11.7. The molecule has 0 spiro atoms. The van der Waals surface area contributed by atoms with Crippen LogP contribution in [0.2, 0.25) is 0 Å². The summed E-state index contributed by atoms with van der Waals surface area (Å²) in [6, 6.07) is 0. The van der Waals surface area contributed by atoms with Gasteiger partial charge in [-0.05, 0) is 38.9 Å². The highest BCUT2D eigenvalue weighted by molar-refractivity contribution is 4.72. The molecule has 1 N–H and O–H groups in total. The van der Waals surface area contributed by atoms with E-state index in [0.717, 1.165) is 13.1 Å². The molecule has 5 heteroatoms. The zero-order chi connectivity index (χ0) is 11.8. The fourth-order valence-electron chi connectivity index (χ4n) is 2.06. The number of ether oxygens (including phenoxy) is 1. The Morgan fingerprint density at radius 3 is 3.00 bits per heavy atom. The highest BCUT2D eigenvalue weighted by atomic mass is 19.3.